The van der Waals surface area contributed by atoms with Crippen molar-refractivity contribution >= 4 is 23.3 Å². The average molecular weight is 403 g/mol. The number of benzene rings is 1. The fourth-order valence-electron chi connectivity index (χ4n) is 3.52. The second-order valence-corrected chi connectivity index (χ2v) is 7.51. The second-order valence-electron chi connectivity index (χ2n) is 7.08. The highest BCUT2D eigenvalue weighted by atomic mass is 35.5. The summed E-state index contributed by atoms with van der Waals surface area (Å²) in [6, 6.07) is 11.4. The minimum Gasteiger partial charge on any atom is -0.496 e. The van der Waals surface area contributed by atoms with Gasteiger partial charge in [0.15, 0.2) is 0 Å². The van der Waals surface area contributed by atoms with Crippen LogP contribution in [0.1, 0.15) is 12.5 Å². The highest BCUT2D eigenvalue weighted by molar-refractivity contribution is 6.30. The molecule has 0 spiro atoms. The molecule has 1 atom stereocenters. The van der Waals surface area contributed by atoms with Crippen molar-refractivity contribution in [3.05, 3.63) is 53.2 Å². The van der Waals surface area contributed by atoms with Gasteiger partial charge in [0.2, 0.25) is 5.91 Å². The highest BCUT2D eigenvalue weighted by Gasteiger charge is 2.20. The Hall–Kier alpha value is -2.31. The summed E-state index contributed by atoms with van der Waals surface area (Å²) in [5.41, 5.74) is 0.795. The zero-order valence-electron chi connectivity index (χ0n) is 16.4. The van der Waals surface area contributed by atoms with Crippen molar-refractivity contribution in [3.8, 4) is 5.75 Å². The normalized spacial score (nSPS) is 15.9. The van der Waals surface area contributed by atoms with Gasteiger partial charge < -0.3 is 15.0 Å². The zero-order valence-corrected chi connectivity index (χ0v) is 17.2. The molecule has 1 amide bonds. The van der Waals surface area contributed by atoms with Crippen LogP contribution in [0.4, 0.5) is 5.82 Å². The molecule has 0 saturated carbocycles. The number of carbonyl (C=O) groups excluding carboxylic acids is 1. The summed E-state index contributed by atoms with van der Waals surface area (Å²) in [6.07, 6.45) is 2.08. The van der Waals surface area contributed by atoms with Crippen molar-refractivity contribution < 1.29 is 9.53 Å². The van der Waals surface area contributed by atoms with E-state index in [0.29, 0.717) is 10.8 Å². The van der Waals surface area contributed by atoms with Gasteiger partial charge in [0.05, 0.1) is 13.5 Å². The van der Waals surface area contributed by atoms with Crippen molar-refractivity contribution in [1.29, 1.82) is 0 Å². The predicted octanol–water partition coefficient (Wildman–Crippen LogP) is 2.61. The van der Waals surface area contributed by atoms with Crippen molar-refractivity contribution in [2.45, 2.75) is 19.4 Å². The minimum atomic E-state index is -0.0276. The molecular formula is C21H27ClN4O2. The Morgan fingerprint density at radius 3 is 2.71 bits per heavy atom. The number of amides is 1. The van der Waals surface area contributed by atoms with Crippen molar-refractivity contribution in [1.82, 2.24) is 15.2 Å². The summed E-state index contributed by atoms with van der Waals surface area (Å²) in [4.78, 5) is 21.5. The first kappa shape index (κ1) is 20.4. The first-order chi connectivity index (χ1) is 13.5. The van der Waals surface area contributed by atoms with E-state index in [9.17, 15) is 4.79 Å². The van der Waals surface area contributed by atoms with E-state index in [0.717, 1.165) is 44.1 Å². The molecule has 1 aromatic carbocycles. The van der Waals surface area contributed by atoms with E-state index in [1.165, 1.54) is 0 Å². The zero-order chi connectivity index (χ0) is 19.9. The lowest BCUT2D eigenvalue weighted by molar-refractivity contribution is -0.121. The van der Waals surface area contributed by atoms with Gasteiger partial charge >= 0.3 is 0 Å². The van der Waals surface area contributed by atoms with E-state index in [4.69, 9.17) is 16.3 Å². The van der Waals surface area contributed by atoms with Gasteiger partial charge in [0, 0.05) is 55.5 Å². The van der Waals surface area contributed by atoms with Crippen LogP contribution in [-0.4, -0.2) is 61.7 Å². The Labute approximate surface area is 171 Å². The molecule has 3 rings (SSSR count). The molecule has 1 aliphatic heterocycles. The van der Waals surface area contributed by atoms with Gasteiger partial charge in [-0.05, 0) is 37.3 Å². The maximum absolute atomic E-state index is 12.4. The van der Waals surface area contributed by atoms with E-state index in [2.05, 4.69) is 20.1 Å². The Kier molecular flexibility index (Phi) is 7.12. The van der Waals surface area contributed by atoms with Crippen LogP contribution < -0.4 is 15.0 Å². The van der Waals surface area contributed by atoms with Gasteiger partial charge in [-0.1, -0.05) is 17.7 Å². The van der Waals surface area contributed by atoms with E-state index in [1.807, 2.05) is 31.3 Å². The van der Waals surface area contributed by atoms with Crippen LogP contribution in [0.25, 0.3) is 0 Å². The third-order valence-corrected chi connectivity index (χ3v) is 5.11. The van der Waals surface area contributed by atoms with E-state index in [1.54, 1.807) is 25.3 Å². The van der Waals surface area contributed by atoms with Gasteiger partial charge in [-0.3, -0.25) is 9.69 Å². The molecule has 0 aliphatic carbocycles. The number of hydrogen-bond acceptors (Lipinski definition) is 5. The lowest BCUT2D eigenvalue weighted by Gasteiger charge is -2.36. The molecule has 1 fully saturated rings. The monoisotopic (exact) mass is 402 g/mol. The van der Waals surface area contributed by atoms with Crippen LogP contribution in [0.5, 0.6) is 5.75 Å². The number of aromatic nitrogens is 1. The van der Waals surface area contributed by atoms with Crippen LogP contribution in [0.2, 0.25) is 5.02 Å². The van der Waals surface area contributed by atoms with Crippen LogP contribution >= 0.6 is 11.6 Å². The Morgan fingerprint density at radius 2 is 2.04 bits per heavy atom. The SMILES string of the molecule is COc1ccc(Cl)cc1CC(=O)NC(C)CN1CCN(c2ccccn2)CC1. The molecule has 1 N–H and O–H groups in total. The molecule has 6 nitrogen and oxygen atoms in total. The van der Waals surface area contributed by atoms with Crippen LogP contribution in [-0.2, 0) is 11.2 Å². The molecule has 1 saturated heterocycles. The average Bonchev–Trinajstić information content (AvgIpc) is 2.69. The van der Waals surface area contributed by atoms with Gasteiger partial charge in [-0.25, -0.2) is 4.98 Å². The van der Waals surface area contributed by atoms with Crippen LogP contribution in [0, 0.1) is 0 Å². The summed E-state index contributed by atoms with van der Waals surface area (Å²) in [5, 5.41) is 3.68. The van der Waals surface area contributed by atoms with E-state index >= 15 is 0 Å². The Morgan fingerprint density at radius 1 is 1.25 bits per heavy atom. The first-order valence-corrected chi connectivity index (χ1v) is 9.93. The molecular weight excluding hydrogens is 376 g/mol. The fraction of sp³-hybridized carbons (Fsp3) is 0.429. The Balaban J connectivity index is 1.45. The number of piperazine rings is 1. The number of ether oxygens (including phenoxy) is 1. The van der Waals surface area contributed by atoms with E-state index in [-0.39, 0.29) is 18.4 Å². The van der Waals surface area contributed by atoms with Crippen LogP contribution in [0.15, 0.2) is 42.6 Å². The number of methoxy groups -OCH3 is 1. The topological polar surface area (TPSA) is 57.7 Å². The van der Waals surface area contributed by atoms with Crippen molar-refractivity contribution in [2.24, 2.45) is 0 Å². The maximum atomic E-state index is 12.4. The Bertz CT molecular complexity index is 779. The number of nitrogens with one attached hydrogen (secondary N) is 1. The van der Waals surface area contributed by atoms with Crippen molar-refractivity contribution in [2.75, 3.05) is 44.7 Å². The van der Waals surface area contributed by atoms with Gasteiger partial charge in [0.1, 0.15) is 11.6 Å². The van der Waals surface area contributed by atoms with Crippen molar-refractivity contribution in [3.63, 3.8) is 0 Å². The van der Waals surface area contributed by atoms with Gasteiger partial charge in [0.25, 0.3) is 0 Å². The number of halogens is 1. The summed E-state index contributed by atoms with van der Waals surface area (Å²) in [5.74, 6) is 1.68. The highest BCUT2D eigenvalue weighted by Crippen LogP contribution is 2.23. The lowest BCUT2D eigenvalue weighted by atomic mass is 10.1. The molecule has 1 aliphatic rings. The first-order valence-electron chi connectivity index (χ1n) is 9.55. The third-order valence-electron chi connectivity index (χ3n) is 4.88. The van der Waals surface area contributed by atoms with E-state index < -0.39 is 0 Å². The smallest absolute Gasteiger partial charge is 0.224 e. The molecule has 1 unspecified atom stereocenters. The summed E-state index contributed by atoms with van der Waals surface area (Å²) in [6.45, 7) is 6.67. The summed E-state index contributed by atoms with van der Waals surface area (Å²) >= 11 is 6.05. The lowest BCUT2D eigenvalue weighted by Crippen LogP contribution is -2.51. The fourth-order valence-corrected chi connectivity index (χ4v) is 3.71. The molecule has 0 radical (unpaired) electrons. The minimum absolute atomic E-state index is 0.0276. The molecule has 7 heteroatoms. The number of rotatable bonds is 7. The molecule has 2 heterocycles. The van der Waals surface area contributed by atoms with Gasteiger partial charge in [-0.15, -0.1) is 0 Å². The largest absolute Gasteiger partial charge is 0.496 e. The molecule has 28 heavy (non-hydrogen) atoms. The maximum Gasteiger partial charge on any atom is 0.224 e. The van der Waals surface area contributed by atoms with Gasteiger partial charge in [-0.2, -0.15) is 0 Å². The number of hydrogen-bond donors (Lipinski definition) is 1. The number of anilines is 1. The predicted molar refractivity (Wildman–Crippen MR) is 112 cm³/mol. The standard InChI is InChI=1S/C21H27ClN4O2/c1-16(24-21(27)14-17-13-18(22)6-7-19(17)28-2)15-25-9-11-26(12-10-25)20-5-3-4-8-23-20/h3-8,13,16H,9-12,14-15H2,1-2H3,(H,24,27). The summed E-state index contributed by atoms with van der Waals surface area (Å²) in [7, 11) is 1.60. The summed E-state index contributed by atoms with van der Waals surface area (Å²) < 4.78 is 5.32. The third kappa shape index (κ3) is 5.59. The molecule has 0 bridgehead atoms. The van der Waals surface area contributed by atoms with Crippen LogP contribution in [0.3, 0.4) is 0 Å². The quantitative estimate of drug-likeness (QED) is 0.771. The number of nitrogens with zero attached hydrogens (tertiary/aromatic N) is 3. The number of carbonyl (C=O) groups is 1. The molecule has 1 aromatic heterocycles. The number of pyridine rings is 1. The molecule has 2 aromatic rings. The molecule has 150 valence electrons. The second kappa shape index (κ2) is 9.75.